The van der Waals surface area contributed by atoms with Gasteiger partial charge in [0, 0.05) is 15.6 Å². The van der Waals surface area contributed by atoms with Crippen molar-refractivity contribution in [3.63, 3.8) is 0 Å². The number of ketones is 1. The normalized spacial score (nSPS) is 10.4. The van der Waals surface area contributed by atoms with Crippen molar-refractivity contribution in [2.24, 2.45) is 0 Å². The second-order valence-corrected chi connectivity index (χ2v) is 7.03. The number of benzene rings is 3. The van der Waals surface area contributed by atoms with Crippen LogP contribution in [0, 0.1) is 0 Å². The molecule has 3 nitrogen and oxygen atoms in total. The predicted molar refractivity (Wildman–Crippen MR) is 108 cm³/mol. The third-order valence-corrected chi connectivity index (χ3v) is 4.65. The Morgan fingerprint density at radius 1 is 0.885 bits per heavy atom. The molecule has 0 saturated heterocycles. The predicted octanol–water partition coefficient (Wildman–Crippen LogP) is 5.51. The van der Waals surface area contributed by atoms with Crippen LogP contribution in [-0.4, -0.2) is 11.7 Å². The Hall–Kier alpha value is -2.43. The maximum absolute atomic E-state index is 12.9. The summed E-state index contributed by atoms with van der Waals surface area (Å²) in [5.41, 5.74) is 2.14. The molecular weight excluding hydrogens is 414 g/mol. The van der Waals surface area contributed by atoms with Gasteiger partial charge in [0.05, 0.1) is 17.1 Å². The van der Waals surface area contributed by atoms with Gasteiger partial charge in [0.25, 0.3) is 0 Å². The Balaban J connectivity index is 1.88. The summed E-state index contributed by atoms with van der Waals surface area (Å²) in [6.45, 7) is 0. The fraction of sp³-hybridized carbons (Fsp3) is 0.0476. The summed E-state index contributed by atoms with van der Waals surface area (Å²) >= 11 is 9.53. The minimum absolute atomic E-state index is 0.188. The number of hydrogen-bond donors (Lipinski definition) is 1. The molecule has 3 aromatic carbocycles. The van der Waals surface area contributed by atoms with E-state index in [1.807, 2.05) is 30.3 Å². The molecule has 0 bridgehead atoms. The first-order valence-corrected chi connectivity index (χ1v) is 9.14. The molecular formula is C21H15BrClNO2. The van der Waals surface area contributed by atoms with Crippen LogP contribution >= 0.6 is 27.5 Å². The maximum atomic E-state index is 12.9. The van der Waals surface area contributed by atoms with Crippen molar-refractivity contribution in [2.45, 2.75) is 6.42 Å². The van der Waals surface area contributed by atoms with Crippen LogP contribution in [0.5, 0.6) is 0 Å². The van der Waals surface area contributed by atoms with Crippen LogP contribution in [0.25, 0.3) is 0 Å². The monoisotopic (exact) mass is 427 g/mol. The summed E-state index contributed by atoms with van der Waals surface area (Å²) < 4.78 is 0.744. The summed E-state index contributed by atoms with van der Waals surface area (Å²) in [6, 6.07) is 21.5. The van der Waals surface area contributed by atoms with Crippen LogP contribution in [-0.2, 0) is 11.2 Å². The molecule has 0 spiro atoms. The quantitative estimate of drug-likeness (QED) is 0.544. The molecule has 0 saturated carbocycles. The van der Waals surface area contributed by atoms with Crippen LogP contribution in [0.2, 0.25) is 5.02 Å². The van der Waals surface area contributed by atoms with Gasteiger partial charge in [0.2, 0.25) is 5.91 Å². The molecule has 1 amide bonds. The molecule has 3 rings (SSSR count). The van der Waals surface area contributed by atoms with E-state index in [1.54, 1.807) is 42.5 Å². The Morgan fingerprint density at radius 2 is 1.58 bits per heavy atom. The number of halogens is 2. The third-order valence-electron chi connectivity index (χ3n) is 3.83. The highest BCUT2D eigenvalue weighted by Gasteiger charge is 2.18. The van der Waals surface area contributed by atoms with Gasteiger partial charge in [-0.3, -0.25) is 9.59 Å². The molecule has 0 unspecified atom stereocenters. The lowest BCUT2D eigenvalue weighted by atomic mass is 10.0. The van der Waals surface area contributed by atoms with E-state index in [4.69, 9.17) is 11.6 Å². The zero-order valence-electron chi connectivity index (χ0n) is 13.7. The van der Waals surface area contributed by atoms with Crippen LogP contribution < -0.4 is 5.32 Å². The van der Waals surface area contributed by atoms with Crippen LogP contribution in [0.3, 0.4) is 0 Å². The molecule has 0 aliphatic rings. The van der Waals surface area contributed by atoms with E-state index < -0.39 is 0 Å². The third kappa shape index (κ3) is 4.40. The van der Waals surface area contributed by atoms with E-state index in [1.165, 1.54) is 0 Å². The Kier molecular flexibility index (Phi) is 5.86. The molecule has 0 fully saturated rings. The molecule has 26 heavy (non-hydrogen) atoms. The van der Waals surface area contributed by atoms with Crippen molar-refractivity contribution in [1.29, 1.82) is 0 Å². The van der Waals surface area contributed by atoms with Crippen molar-refractivity contribution in [2.75, 3.05) is 5.32 Å². The zero-order valence-corrected chi connectivity index (χ0v) is 16.0. The smallest absolute Gasteiger partial charge is 0.228 e. The van der Waals surface area contributed by atoms with Crippen molar-refractivity contribution in [1.82, 2.24) is 0 Å². The number of rotatable bonds is 5. The standard InChI is InChI=1S/C21H15BrClNO2/c22-15-10-11-19(24-20(25)12-14-6-2-1-3-7-14)17(13-15)21(26)16-8-4-5-9-18(16)23/h1-11,13H,12H2,(H,24,25). The van der Waals surface area contributed by atoms with Gasteiger partial charge in [-0.2, -0.15) is 0 Å². The summed E-state index contributed by atoms with van der Waals surface area (Å²) in [4.78, 5) is 25.3. The molecule has 0 aromatic heterocycles. The average molecular weight is 429 g/mol. The molecule has 3 aromatic rings. The lowest BCUT2D eigenvalue weighted by Gasteiger charge is -2.12. The minimum atomic E-state index is -0.244. The molecule has 0 radical (unpaired) electrons. The molecule has 0 heterocycles. The minimum Gasteiger partial charge on any atom is -0.325 e. The van der Waals surface area contributed by atoms with Crippen molar-refractivity contribution in [3.05, 3.63) is 99.0 Å². The fourth-order valence-electron chi connectivity index (χ4n) is 2.58. The molecule has 130 valence electrons. The maximum Gasteiger partial charge on any atom is 0.228 e. The highest BCUT2D eigenvalue weighted by molar-refractivity contribution is 9.10. The largest absolute Gasteiger partial charge is 0.325 e. The van der Waals surface area contributed by atoms with Crippen LogP contribution in [0.1, 0.15) is 21.5 Å². The van der Waals surface area contributed by atoms with E-state index >= 15 is 0 Å². The zero-order chi connectivity index (χ0) is 18.5. The Labute approximate surface area is 165 Å². The number of hydrogen-bond acceptors (Lipinski definition) is 2. The van der Waals surface area contributed by atoms with Gasteiger partial charge in [-0.25, -0.2) is 0 Å². The number of nitrogens with one attached hydrogen (secondary N) is 1. The van der Waals surface area contributed by atoms with Gasteiger partial charge in [0.1, 0.15) is 0 Å². The fourth-order valence-corrected chi connectivity index (χ4v) is 3.16. The van der Waals surface area contributed by atoms with E-state index in [9.17, 15) is 9.59 Å². The number of carbonyl (C=O) groups is 2. The second-order valence-electron chi connectivity index (χ2n) is 5.71. The molecule has 5 heteroatoms. The van der Waals surface area contributed by atoms with Crippen molar-refractivity contribution >= 4 is 44.9 Å². The number of anilines is 1. The van der Waals surface area contributed by atoms with Gasteiger partial charge in [-0.05, 0) is 35.9 Å². The van der Waals surface area contributed by atoms with Gasteiger partial charge < -0.3 is 5.32 Å². The first-order chi connectivity index (χ1) is 12.5. The summed E-state index contributed by atoms with van der Waals surface area (Å²) in [5, 5.41) is 3.21. The lowest BCUT2D eigenvalue weighted by Crippen LogP contribution is -2.17. The Morgan fingerprint density at radius 3 is 2.31 bits per heavy atom. The lowest BCUT2D eigenvalue weighted by molar-refractivity contribution is -0.115. The SMILES string of the molecule is O=C(Cc1ccccc1)Nc1ccc(Br)cc1C(=O)c1ccccc1Cl. The topological polar surface area (TPSA) is 46.2 Å². The van der Waals surface area contributed by atoms with Gasteiger partial charge in [0.15, 0.2) is 5.78 Å². The van der Waals surface area contributed by atoms with Gasteiger partial charge in [-0.1, -0.05) is 70.0 Å². The Bertz CT molecular complexity index is 957. The number of carbonyl (C=O) groups excluding carboxylic acids is 2. The first kappa shape index (κ1) is 18.4. The number of amides is 1. The van der Waals surface area contributed by atoms with E-state index in [0.29, 0.717) is 21.8 Å². The second kappa shape index (κ2) is 8.30. The van der Waals surface area contributed by atoms with Crippen LogP contribution in [0.4, 0.5) is 5.69 Å². The summed E-state index contributed by atoms with van der Waals surface area (Å²) in [7, 11) is 0. The first-order valence-electron chi connectivity index (χ1n) is 7.97. The van der Waals surface area contributed by atoms with E-state index in [0.717, 1.165) is 10.0 Å². The van der Waals surface area contributed by atoms with Crippen LogP contribution in [0.15, 0.2) is 77.3 Å². The molecule has 0 aliphatic carbocycles. The van der Waals surface area contributed by atoms with Crippen molar-refractivity contribution in [3.8, 4) is 0 Å². The molecule has 0 atom stereocenters. The highest BCUT2D eigenvalue weighted by Crippen LogP contribution is 2.27. The summed E-state index contributed by atoms with van der Waals surface area (Å²) in [5.74, 6) is -0.432. The van der Waals surface area contributed by atoms with Gasteiger partial charge in [-0.15, -0.1) is 0 Å². The van der Waals surface area contributed by atoms with Crippen molar-refractivity contribution < 1.29 is 9.59 Å². The highest BCUT2D eigenvalue weighted by atomic mass is 79.9. The summed E-state index contributed by atoms with van der Waals surface area (Å²) in [6.07, 6.45) is 0.233. The molecule has 1 N–H and O–H groups in total. The van der Waals surface area contributed by atoms with Gasteiger partial charge >= 0.3 is 0 Å². The average Bonchev–Trinajstić information content (AvgIpc) is 2.64. The van der Waals surface area contributed by atoms with E-state index in [-0.39, 0.29) is 18.1 Å². The van der Waals surface area contributed by atoms with E-state index in [2.05, 4.69) is 21.2 Å². The molecule has 0 aliphatic heterocycles.